The van der Waals surface area contributed by atoms with E-state index in [-0.39, 0.29) is 18.1 Å². The second-order valence-corrected chi connectivity index (χ2v) is 13.6. The molecule has 1 heterocycles. The zero-order valence-electron chi connectivity index (χ0n) is 27.6. The summed E-state index contributed by atoms with van der Waals surface area (Å²) in [7, 11) is 0. The smallest absolute Gasteiger partial charge is 0.334 e. The summed E-state index contributed by atoms with van der Waals surface area (Å²) < 4.78 is 30.4. The number of hydrogen-bond donors (Lipinski definition) is 0. The van der Waals surface area contributed by atoms with E-state index in [4.69, 9.17) is 23.7 Å². The Bertz CT molecular complexity index is 1350. The summed E-state index contributed by atoms with van der Waals surface area (Å²) >= 11 is 0. The van der Waals surface area contributed by atoms with Crippen LogP contribution < -0.4 is 0 Å². The van der Waals surface area contributed by atoms with Crippen LogP contribution in [0.1, 0.15) is 82.6 Å². The van der Waals surface area contributed by atoms with Gasteiger partial charge in [-0.3, -0.25) is 14.4 Å². The van der Waals surface area contributed by atoms with Crippen molar-refractivity contribution >= 4 is 29.7 Å². The molecule has 0 amide bonds. The van der Waals surface area contributed by atoms with Gasteiger partial charge in [-0.05, 0) is 64.0 Å². The van der Waals surface area contributed by atoms with Crippen LogP contribution in [0.2, 0.25) is 0 Å². The first-order chi connectivity index (χ1) is 20.4. The second-order valence-electron chi connectivity index (χ2n) is 13.6. The van der Waals surface area contributed by atoms with Crippen molar-refractivity contribution < 1.29 is 47.7 Å². The van der Waals surface area contributed by atoms with Crippen LogP contribution in [-0.4, -0.2) is 65.3 Å². The van der Waals surface area contributed by atoms with Crippen LogP contribution in [0, 0.1) is 29.1 Å². The van der Waals surface area contributed by atoms with Gasteiger partial charge in [0.05, 0.1) is 5.92 Å². The Hall–Kier alpha value is -3.27. The first kappa shape index (κ1) is 33.6. The Morgan fingerprint density at radius 3 is 1.86 bits per heavy atom. The monoisotopic (exact) mass is 614 g/mol. The van der Waals surface area contributed by atoms with Gasteiger partial charge in [0, 0.05) is 36.8 Å². The number of carbonyl (C=O) groups excluding carboxylic acids is 5. The molecule has 0 aromatic rings. The molecule has 0 aromatic carbocycles. The molecule has 3 aliphatic carbocycles. The van der Waals surface area contributed by atoms with Crippen molar-refractivity contribution in [2.45, 2.75) is 118 Å². The molecule has 4 aliphatic rings. The number of esters is 4. The van der Waals surface area contributed by atoms with E-state index < -0.39 is 82.7 Å². The molecule has 10 atom stereocenters. The lowest BCUT2D eigenvalue weighted by molar-refractivity contribution is -0.165. The normalized spacial score (nSPS) is 40.5. The van der Waals surface area contributed by atoms with Crippen molar-refractivity contribution in [2.24, 2.45) is 29.1 Å². The molecule has 0 aromatic heterocycles. The van der Waals surface area contributed by atoms with Crippen molar-refractivity contribution in [3.05, 3.63) is 34.9 Å². The minimum atomic E-state index is -1.36. The van der Waals surface area contributed by atoms with E-state index >= 15 is 0 Å². The second kappa shape index (κ2) is 11.6. The van der Waals surface area contributed by atoms with Crippen molar-refractivity contribution in [2.75, 3.05) is 0 Å². The van der Waals surface area contributed by atoms with Gasteiger partial charge in [0.15, 0.2) is 23.1 Å². The fraction of sp³-hybridized carbons (Fsp3) is 0.676. The van der Waals surface area contributed by atoms with Crippen LogP contribution in [0.5, 0.6) is 0 Å². The Morgan fingerprint density at radius 2 is 1.34 bits per heavy atom. The molecule has 10 heteroatoms. The van der Waals surface area contributed by atoms with Gasteiger partial charge in [0.25, 0.3) is 0 Å². The van der Waals surface area contributed by atoms with Crippen molar-refractivity contribution in [1.82, 2.24) is 0 Å². The van der Waals surface area contributed by atoms with Crippen LogP contribution in [0.3, 0.4) is 0 Å². The summed E-state index contributed by atoms with van der Waals surface area (Å²) in [6, 6.07) is 0. The third-order valence-corrected chi connectivity index (χ3v) is 10.3. The van der Waals surface area contributed by atoms with Crippen molar-refractivity contribution in [3.63, 3.8) is 0 Å². The molecule has 2 saturated carbocycles. The maximum Gasteiger partial charge on any atom is 0.334 e. The fourth-order valence-corrected chi connectivity index (χ4v) is 7.69. The predicted octanol–water partition coefficient (Wildman–Crippen LogP) is 4.59. The number of Topliss-reactive ketones (excluding diaryl/α,β-unsaturated/α-hetero) is 1. The van der Waals surface area contributed by atoms with Crippen molar-refractivity contribution in [1.29, 1.82) is 0 Å². The zero-order valence-corrected chi connectivity index (χ0v) is 27.6. The van der Waals surface area contributed by atoms with Gasteiger partial charge < -0.3 is 23.7 Å². The van der Waals surface area contributed by atoms with E-state index in [1.807, 2.05) is 20.8 Å². The highest BCUT2D eigenvalue weighted by Crippen LogP contribution is 2.69. The van der Waals surface area contributed by atoms with Gasteiger partial charge in [0.1, 0.15) is 18.3 Å². The molecule has 0 unspecified atom stereocenters. The maximum absolute atomic E-state index is 14.5. The van der Waals surface area contributed by atoms with Crippen LogP contribution >= 0.6 is 0 Å². The summed E-state index contributed by atoms with van der Waals surface area (Å²) in [5, 5.41) is 0. The SMILES string of the molecule is C/C=C(\C)C(=O)O[C@@H]1/C(C)=C/[C@@]23O[C@@]2(C[C@H](C)[C@@H]3OC(=O)/C(C)=C/C)C(=O)[C@H](C)[C@@H](OC(C)=O)[C@@H]2[C@H]([C@@H]1OC(C)=O)C2(C)C. The minimum Gasteiger partial charge on any atom is -0.461 e. The minimum absolute atomic E-state index is 0.258. The summed E-state index contributed by atoms with van der Waals surface area (Å²) in [5.74, 6) is -4.41. The molecule has 1 saturated heterocycles. The number of epoxide rings is 1. The average Bonchev–Trinajstić information content (AvgIpc) is 3.74. The number of rotatable bonds is 6. The standard InChI is InChI=1S/C34H46O10/c1-12-16(3)30(38)42-25-18(5)14-34-29(43-31(39)17(4)13-2)19(6)15-33(34,44-34)28(37)20(7)26(40-21(8)35)23-24(32(23,10)11)27(25)41-22(9)36/h12-14,19-20,23-27,29H,15H2,1-11H3/b16-12+,17-13+,18-14+/t19-,20+,23-,24+,25+,26+,27-,29-,33-,34-/m0/s1. The number of hydrogen-bond acceptors (Lipinski definition) is 10. The number of allylic oxidation sites excluding steroid dienone is 2. The molecule has 0 spiro atoms. The number of fused-ring (bicyclic) bond motifs is 1. The Labute approximate surface area is 259 Å². The first-order valence-electron chi connectivity index (χ1n) is 15.4. The Balaban J connectivity index is 1.95. The summed E-state index contributed by atoms with van der Waals surface area (Å²) in [6.45, 7) is 18.6. The highest BCUT2D eigenvalue weighted by Gasteiger charge is 2.84. The van der Waals surface area contributed by atoms with Crippen molar-refractivity contribution in [3.8, 4) is 0 Å². The molecule has 0 N–H and O–H groups in total. The molecule has 44 heavy (non-hydrogen) atoms. The van der Waals surface area contributed by atoms with E-state index in [2.05, 4.69) is 0 Å². The molecule has 0 radical (unpaired) electrons. The van der Waals surface area contributed by atoms with Gasteiger partial charge in [-0.15, -0.1) is 0 Å². The van der Waals surface area contributed by atoms with E-state index in [9.17, 15) is 24.0 Å². The molecular formula is C34H46O10. The van der Waals surface area contributed by atoms with E-state index in [0.717, 1.165) is 0 Å². The van der Waals surface area contributed by atoms with E-state index in [1.54, 1.807) is 59.8 Å². The predicted molar refractivity (Wildman–Crippen MR) is 159 cm³/mol. The lowest BCUT2D eigenvalue weighted by Crippen LogP contribution is -2.43. The van der Waals surface area contributed by atoms with Crippen LogP contribution in [0.4, 0.5) is 0 Å². The molecule has 4 rings (SSSR count). The summed E-state index contributed by atoms with van der Waals surface area (Å²) in [5.41, 5.74) is -2.02. The van der Waals surface area contributed by atoms with E-state index in [1.165, 1.54) is 13.8 Å². The number of ether oxygens (including phenoxy) is 5. The molecule has 242 valence electrons. The molecular weight excluding hydrogens is 568 g/mol. The molecule has 1 aliphatic heterocycles. The third-order valence-electron chi connectivity index (χ3n) is 10.3. The molecule has 0 bridgehead atoms. The number of carbonyl (C=O) groups is 5. The first-order valence-corrected chi connectivity index (χ1v) is 15.4. The summed E-state index contributed by atoms with van der Waals surface area (Å²) in [4.78, 5) is 65.7. The van der Waals surface area contributed by atoms with Gasteiger partial charge >= 0.3 is 23.9 Å². The lowest BCUT2D eigenvalue weighted by atomic mass is 9.80. The zero-order chi connectivity index (χ0) is 33.1. The largest absolute Gasteiger partial charge is 0.461 e. The van der Waals surface area contributed by atoms with Crippen LogP contribution in [-0.2, 0) is 47.7 Å². The quantitative estimate of drug-likeness (QED) is 0.137. The summed E-state index contributed by atoms with van der Waals surface area (Å²) in [6.07, 6.45) is 1.52. The van der Waals surface area contributed by atoms with E-state index in [0.29, 0.717) is 16.7 Å². The molecule has 10 nitrogen and oxygen atoms in total. The van der Waals surface area contributed by atoms with Gasteiger partial charge in [-0.2, -0.15) is 0 Å². The van der Waals surface area contributed by atoms with Gasteiger partial charge in [0.2, 0.25) is 0 Å². The third kappa shape index (κ3) is 5.33. The van der Waals surface area contributed by atoms with Gasteiger partial charge in [-0.25, -0.2) is 9.59 Å². The maximum atomic E-state index is 14.5. The average molecular weight is 615 g/mol. The lowest BCUT2D eigenvalue weighted by Gasteiger charge is -2.30. The topological polar surface area (TPSA) is 135 Å². The van der Waals surface area contributed by atoms with Crippen LogP contribution in [0.25, 0.3) is 0 Å². The van der Waals surface area contributed by atoms with Crippen LogP contribution in [0.15, 0.2) is 34.9 Å². The Kier molecular flexibility index (Phi) is 8.85. The molecule has 3 fully saturated rings. The highest BCUT2D eigenvalue weighted by atomic mass is 16.7. The number of ketones is 1. The fourth-order valence-electron chi connectivity index (χ4n) is 7.69. The Morgan fingerprint density at radius 1 is 0.841 bits per heavy atom. The highest BCUT2D eigenvalue weighted by molar-refractivity contribution is 5.96. The van der Waals surface area contributed by atoms with Gasteiger partial charge in [-0.1, -0.05) is 39.8 Å².